The van der Waals surface area contributed by atoms with E-state index in [4.69, 9.17) is 2.74 Å². The SMILES string of the molecule is [2H]c1nc(Br)nc(Br)c1[2H]. The highest BCUT2D eigenvalue weighted by atomic mass is 79.9. The van der Waals surface area contributed by atoms with Crippen LogP contribution >= 0.6 is 31.9 Å². The Morgan fingerprint density at radius 3 is 3.00 bits per heavy atom. The highest BCUT2D eigenvalue weighted by Crippen LogP contribution is 2.06. The summed E-state index contributed by atoms with van der Waals surface area (Å²) in [7, 11) is 0. The van der Waals surface area contributed by atoms with Gasteiger partial charge in [0.25, 0.3) is 0 Å². The van der Waals surface area contributed by atoms with Crippen LogP contribution in [0.15, 0.2) is 21.6 Å². The second-order valence-electron chi connectivity index (χ2n) is 1.02. The first-order valence-corrected chi connectivity index (χ1v) is 3.36. The van der Waals surface area contributed by atoms with Crippen LogP contribution in [0.5, 0.6) is 0 Å². The Labute approximate surface area is 66.4 Å². The molecule has 0 bridgehead atoms. The Hall–Kier alpha value is 0.0400. The van der Waals surface area contributed by atoms with Gasteiger partial charge in [-0.15, -0.1) is 0 Å². The minimum atomic E-state index is -0.0891. The standard InChI is InChI=1S/C4H2Br2N2/c5-3-1-2-7-4(6)8-3/h1-2H/i1D,2D. The van der Waals surface area contributed by atoms with Gasteiger partial charge in [0.05, 0.1) is 2.74 Å². The molecule has 42 valence electrons. The molecule has 0 aliphatic carbocycles. The molecular formula is C4H2Br2N2. The van der Waals surface area contributed by atoms with E-state index in [-0.39, 0.29) is 12.2 Å². The summed E-state index contributed by atoms with van der Waals surface area (Å²) in [5.41, 5.74) is 0. The molecule has 0 saturated heterocycles. The lowest BCUT2D eigenvalue weighted by Crippen LogP contribution is -1.78. The second kappa shape index (κ2) is 2.55. The van der Waals surface area contributed by atoms with Crippen molar-refractivity contribution < 1.29 is 2.74 Å². The minimum absolute atomic E-state index is 0.00296. The highest BCUT2D eigenvalue weighted by Gasteiger charge is 1.87. The minimum Gasteiger partial charge on any atom is -0.231 e. The quantitative estimate of drug-likeness (QED) is 0.511. The van der Waals surface area contributed by atoms with Gasteiger partial charge in [-0.05, 0) is 37.9 Å². The van der Waals surface area contributed by atoms with Crippen LogP contribution < -0.4 is 0 Å². The summed E-state index contributed by atoms with van der Waals surface area (Å²) in [5.74, 6) is 0. The largest absolute Gasteiger partial charge is 0.231 e. The van der Waals surface area contributed by atoms with E-state index in [9.17, 15) is 0 Å². The third-order valence-electron chi connectivity index (χ3n) is 0.498. The van der Waals surface area contributed by atoms with Gasteiger partial charge in [-0.2, -0.15) is 0 Å². The zero-order chi connectivity index (χ0) is 7.72. The smallest absolute Gasteiger partial charge is 0.197 e. The van der Waals surface area contributed by atoms with Crippen molar-refractivity contribution >= 4 is 31.9 Å². The Morgan fingerprint density at radius 1 is 1.62 bits per heavy atom. The van der Waals surface area contributed by atoms with Gasteiger partial charge in [0, 0.05) is 6.17 Å². The molecule has 1 heterocycles. The lowest BCUT2D eigenvalue weighted by Gasteiger charge is -1.85. The lowest BCUT2D eigenvalue weighted by atomic mass is 10.7. The van der Waals surface area contributed by atoms with Gasteiger partial charge in [-0.1, -0.05) is 0 Å². The normalized spacial score (nSPS) is 12.8. The fourth-order valence-corrected chi connectivity index (χ4v) is 1.01. The molecule has 0 amide bonds. The van der Waals surface area contributed by atoms with Crippen LogP contribution in [0, 0.1) is 0 Å². The molecule has 2 nitrogen and oxygen atoms in total. The second-order valence-corrected chi connectivity index (χ2v) is 2.48. The average molecular weight is 240 g/mol. The Kier molecular flexibility index (Phi) is 1.26. The van der Waals surface area contributed by atoms with Crippen LogP contribution in [0.25, 0.3) is 0 Å². The summed E-state index contributed by atoms with van der Waals surface area (Å²) in [5, 5.41) is 0. The maximum Gasteiger partial charge on any atom is 0.197 e. The van der Waals surface area contributed by atoms with Crippen molar-refractivity contribution in [1.82, 2.24) is 9.97 Å². The maximum atomic E-state index is 7.16. The third-order valence-corrected chi connectivity index (χ3v) is 1.23. The van der Waals surface area contributed by atoms with Gasteiger partial charge in [0.2, 0.25) is 0 Å². The molecule has 0 N–H and O–H groups in total. The van der Waals surface area contributed by atoms with Gasteiger partial charge in [0.15, 0.2) is 4.73 Å². The summed E-state index contributed by atoms with van der Waals surface area (Å²) in [6, 6.07) is 0.00296. The zero-order valence-electron chi connectivity index (χ0n) is 5.65. The van der Waals surface area contributed by atoms with Crippen LogP contribution in [0.3, 0.4) is 0 Å². The predicted octanol–water partition coefficient (Wildman–Crippen LogP) is 2.00. The monoisotopic (exact) mass is 238 g/mol. The summed E-state index contributed by atoms with van der Waals surface area (Å²) in [6.45, 7) is 0. The molecule has 1 aromatic rings. The van der Waals surface area contributed by atoms with Crippen molar-refractivity contribution in [3.05, 3.63) is 21.6 Å². The summed E-state index contributed by atoms with van der Waals surface area (Å²) < 4.78 is 14.9. The maximum absolute atomic E-state index is 7.16. The Balaban J connectivity index is 3.31. The summed E-state index contributed by atoms with van der Waals surface area (Å²) >= 11 is 6.00. The van der Waals surface area contributed by atoms with Crippen molar-refractivity contribution in [2.75, 3.05) is 0 Å². The lowest BCUT2D eigenvalue weighted by molar-refractivity contribution is 1.09. The molecule has 8 heavy (non-hydrogen) atoms. The molecule has 0 radical (unpaired) electrons. The Bertz CT molecular complexity index is 242. The third kappa shape index (κ3) is 1.52. The Morgan fingerprint density at radius 2 is 2.38 bits per heavy atom. The van der Waals surface area contributed by atoms with Gasteiger partial charge < -0.3 is 0 Å². The van der Waals surface area contributed by atoms with E-state index in [1.54, 1.807) is 0 Å². The van der Waals surface area contributed by atoms with E-state index in [1.807, 2.05) is 0 Å². The van der Waals surface area contributed by atoms with E-state index in [0.717, 1.165) is 0 Å². The highest BCUT2D eigenvalue weighted by molar-refractivity contribution is 9.11. The molecule has 0 atom stereocenters. The van der Waals surface area contributed by atoms with Crippen LogP contribution in [0.4, 0.5) is 0 Å². The van der Waals surface area contributed by atoms with Crippen LogP contribution in [0.1, 0.15) is 2.74 Å². The molecule has 0 spiro atoms. The number of aromatic nitrogens is 2. The van der Waals surface area contributed by atoms with E-state index >= 15 is 0 Å². The molecule has 0 fully saturated rings. The van der Waals surface area contributed by atoms with E-state index in [2.05, 4.69) is 41.8 Å². The van der Waals surface area contributed by atoms with E-state index in [1.165, 1.54) is 0 Å². The topological polar surface area (TPSA) is 25.8 Å². The number of halogens is 2. The molecule has 4 heteroatoms. The molecule has 0 unspecified atom stereocenters. The molecule has 0 aliphatic heterocycles. The van der Waals surface area contributed by atoms with Crippen molar-refractivity contribution in [1.29, 1.82) is 0 Å². The van der Waals surface area contributed by atoms with Crippen molar-refractivity contribution in [3.63, 3.8) is 0 Å². The first-order valence-electron chi connectivity index (χ1n) is 2.77. The summed E-state index contributed by atoms with van der Waals surface area (Å²) in [6.07, 6.45) is -0.0891. The van der Waals surface area contributed by atoms with Gasteiger partial charge in [0.1, 0.15) is 4.60 Å². The molecule has 1 aromatic heterocycles. The molecular weight excluding hydrogens is 236 g/mol. The molecule has 0 aliphatic rings. The molecule has 0 aromatic carbocycles. The molecule has 1 rings (SSSR count). The number of hydrogen-bond acceptors (Lipinski definition) is 2. The van der Waals surface area contributed by atoms with Gasteiger partial charge >= 0.3 is 0 Å². The number of hydrogen-bond donors (Lipinski definition) is 0. The fraction of sp³-hybridized carbons (Fsp3) is 0. The zero-order valence-corrected chi connectivity index (χ0v) is 6.82. The van der Waals surface area contributed by atoms with Gasteiger partial charge in [-0.3, -0.25) is 0 Å². The summed E-state index contributed by atoms with van der Waals surface area (Å²) in [4.78, 5) is 7.34. The number of rotatable bonds is 0. The van der Waals surface area contributed by atoms with Crippen LogP contribution in [-0.4, -0.2) is 9.97 Å². The van der Waals surface area contributed by atoms with Crippen molar-refractivity contribution in [2.45, 2.75) is 0 Å². The first kappa shape index (κ1) is 3.95. The number of nitrogens with zero attached hydrogens (tertiary/aromatic N) is 2. The van der Waals surface area contributed by atoms with E-state index in [0.29, 0.717) is 9.34 Å². The van der Waals surface area contributed by atoms with Gasteiger partial charge in [-0.25, -0.2) is 9.97 Å². The molecule has 0 saturated carbocycles. The first-order chi connectivity index (χ1) is 4.61. The van der Waals surface area contributed by atoms with Crippen molar-refractivity contribution in [2.24, 2.45) is 0 Å². The average Bonchev–Trinajstić information content (AvgIpc) is 1.82. The van der Waals surface area contributed by atoms with E-state index < -0.39 is 0 Å². The predicted molar refractivity (Wildman–Crippen MR) is 37.4 cm³/mol. The van der Waals surface area contributed by atoms with Crippen molar-refractivity contribution in [3.8, 4) is 0 Å². The fourth-order valence-electron chi connectivity index (χ4n) is 0.254. The van der Waals surface area contributed by atoms with Crippen LogP contribution in [-0.2, 0) is 0 Å². The van der Waals surface area contributed by atoms with Crippen LogP contribution in [0.2, 0.25) is 0 Å².